The maximum atomic E-state index is 3.87. The maximum Gasteiger partial charge on any atom is 0.0226 e. The summed E-state index contributed by atoms with van der Waals surface area (Å²) < 4.78 is 0. The number of nitrogens with zero attached hydrogens (tertiary/aromatic N) is 1. The Morgan fingerprint density at radius 3 is 2.29 bits per heavy atom. The summed E-state index contributed by atoms with van der Waals surface area (Å²) in [5.41, 5.74) is 0. The molecule has 1 saturated heterocycles. The maximum absolute atomic E-state index is 3.87. The van der Waals surface area contributed by atoms with Crippen LogP contribution in [0.1, 0.15) is 79.1 Å². The highest BCUT2D eigenvalue weighted by atomic mass is 15.3. The van der Waals surface area contributed by atoms with E-state index in [9.17, 15) is 0 Å². The van der Waals surface area contributed by atoms with Crippen molar-refractivity contribution in [3.05, 3.63) is 0 Å². The second kappa shape index (κ2) is 8.53. The van der Waals surface area contributed by atoms with Gasteiger partial charge in [0.1, 0.15) is 0 Å². The first-order valence-electron chi connectivity index (χ1n) is 9.61. The zero-order valence-electron chi connectivity index (χ0n) is 14.9. The third kappa shape index (κ3) is 4.96. The van der Waals surface area contributed by atoms with Gasteiger partial charge >= 0.3 is 0 Å². The minimum absolute atomic E-state index is 0.710. The van der Waals surface area contributed by atoms with Crippen LogP contribution < -0.4 is 5.32 Å². The van der Waals surface area contributed by atoms with E-state index in [0.717, 1.165) is 23.9 Å². The normalized spacial score (nSPS) is 31.3. The summed E-state index contributed by atoms with van der Waals surface area (Å²) in [6, 6.07) is 2.35. The summed E-state index contributed by atoms with van der Waals surface area (Å²) in [5.74, 6) is 1.61. The first-order valence-corrected chi connectivity index (χ1v) is 9.61. The Morgan fingerprint density at radius 2 is 1.71 bits per heavy atom. The van der Waals surface area contributed by atoms with E-state index in [0.29, 0.717) is 6.04 Å². The highest BCUT2D eigenvalue weighted by molar-refractivity contribution is 4.92. The van der Waals surface area contributed by atoms with Crippen molar-refractivity contribution in [2.75, 3.05) is 13.1 Å². The molecule has 1 aliphatic carbocycles. The Morgan fingerprint density at radius 1 is 1.05 bits per heavy atom. The molecule has 3 unspecified atom stereocenters. The van der Waals surface area contributed by atoms with Crippen molar-refractivity contribution in [1.29, 1.82) is 0 Å². The predicted octanol–water partition coefficient (Wildman–Crippen LogP) is 4.44. The van der Waals surface area contributed by atoms with Crippen LogP contribution in [-0.2, 0) is 0 Å². The Balaban J connectivity index is 2.03. The van der Waals surface area contributed by atoms with Crippen LogP contribution in [0.25, 0.3) is 0 Å². The molecular weight excluding hydrogens is 256 g/mol. The van der Waals surface area contributed by atoms with E-state index < -0.39 is 0 Å². The van der Waals surface area contributed by atoms with Gasteiger partial charge in [0.05, 0.1) is 0 Å². The standard InChI is InChI=1S/C19H38N2/c1-5-16(4)19-14-21(17-10-8-6-7-9-11-17)18(13-20-19)12-15(2)3/h15-20H,5-14H2,1-4H3. The summed E-state index contributed by atoms with van der Waals surface area (Å²) >= 11 is 0. The van der Waals surface area contributed by atoms with Gasteiger partial charge in [0.15, 0.2) is 0 Å². The van der Waals surface area contributed by atoms with Crippen molar-refractivity contribution >= 4 is 0 Å². The molecule has 0 bridgehead atoms. The topological polar surface area (TPSA) is 15.3 Å². The van der Waals surface area contributed by atoms with Crippen LogP contribution in [0.4, 0.5) is 0 Å². The predicted molar refractivity (Wildman–Crippen MR) is 92.7 cm³/mol. The minimum Gasteiger partial charge on any atom is -0.311 e. The van der Waals surface area contributed by atoms with E-state index in [1.54, 1.807) is 0 Å². The molecule has 3 atom stereocenters. The van der Waals surface area contributed by atoms with Gasteiger partial charge in [0.2, 0.25) is 0 Å². The van der Waals surface area contributed by atoms with Gasteiger partial charge in [-0.3, -0.25) is 4.90 Å². The molecule has 0 radical (unpaired) electrons. The van der Waals surface area contributed by atoms with Crippen molar-refractivity contribution in [3.8, 4) is 0 Å². The zero-order valence-corrected chi connectivity index (χ0v) is 14.9. The van der Waals surface area contributed by atoms with Crippen molar-refractivity contribution in [2.45, 2.75) is 97.2 Å². The van der Waals surface area contributed by atoms with E-state index in [2.05, 4.69) is 37.9 Å². The van der Waals surface area contributed by atoms with Gasteiger partial charge in [-0.2, -0.15) is 0 Å². The third-order valence-corrected chi connectivity index (χ3v) is 5.86. The van der Waals surface area contributed by atoms with E-state index in [4.69, 9.17) is 0 Å². The molecule has 2 heteroatoms. The monoisotopic (exact) mass is 294 g/mol. The van der Waals surface area contributed by atoms with Gasteiger partial charge in [-0.05, 0) is 31.1 Å². The van der Waals surface area contributed by atoms with Crippen LogP contribution in [0.5, 0.6) is 0 Å². The van der Waals surface area contributed by atoms with Crippen LogP contribution in [0.2, 0.25) is 0 Å². The molecule has 1 N–H and O–H groups in total. The quantitative estimate of drug-likeness (QED) is 0.754. The highest BCUT2D eigenvalue weighted by Crippen LogP contribution is 2.28. The van der Waals surface area contributed by atoms with Crippen LogP contribution in [0.3, 0.4) is 0 Å². The van der Waals surface area contributed by atoms with Gasteiger partial charge in [0, 0.05) is 31.2 Å². The minimum atomic E-state index is 0.710. The molecule has 1 aliphatic heterocycles. The second-order valence-corrected chi connectivity index (χ2v) is 8.03. The van der Waals surface area contributed by atoms with E-state index in [1.165, 1.54) is 64.5 Å². The average Bonchev–Trinajstić information content (AvgIpc) is 2.75. The lowest BCUT2D eigenvalue weighted by Crippen LogP contribution is -2.61. The molecule has 0 aromatic rings. The lowest BCUT2D eigenvalue weighted by atomic mass is 9.90. The van der Waals surface area contributed by atoms with Crippen molar-refractivity contribution in [3.63, 3.8) is 0 Å². The molecule has 2 nitrogen and oxygen atoms in total. The summed E-state index contributed by atoms with van der Waals surface area (Å²) in [4.78, 5) is 2.93. The lowest BCUT2D eigenvalue weighted by molar-refractivity contribution is 0.0489. The summed E-state index contributed by atoms with van der Waals surface area (Å²) in [7, 11) is 0. The van der Waals surface area contributed by atoms with Crippen molar-refractivity contribution < 1.29 is 0 Å². The van der Waals surface area contributed by atoms with Crippen LogP contribution in [0.15, 0.2) is 0 Å². The van der Waals surface area contributed by atoms with E-state index in [-0.39, 0.29) is 0 Å². The first kappa shape index (κ1) is 17.3. The number of piperazine rings is 1. The number of nitrogens with one attached hydrogen (secondary N) is 1. The second-order valence-electron chi connectivity index (χ2n) is 8.03. The molecule has 0 spiro atoms. The molecule has 124 valence electrons. The van der Waals surface area contributed by atoms with Gasteiger partial charge in [-0.25, -0.2) is 0 Å². The number of hydrogen-bond acceptors (Lipinski definition) is 2. The molecule has 21 heavy (non-hydrogen) atoms. The Bertz CT molecular complexity index is 279. The molecule has 2 rings (SSSR count). The van der Waals surface area contributed by atoms with Crippen molar-refractivity contribution in [1.82, 2.24) is 10.2 Å². The fourth-order valence-electron chi connectivity index (χ4n) is 4.31. The number of rotatable bonds is 5. The smallest absolute Gasteiger partial charge is 0.0226 e. The van der Waals surface area contributed by atoms with Gasteiger partial charge in [0.25, 0.3) is 0 Å². The van der Waals surface area contributed by atoms with Crippen LogP contribution >= 0.6 is 0 Å². The molecular formula is C19H38N2. The Hall–Kier alpha value is -0.0800. The molecule has 0 aromatic heterocycles. The lowest BCUT2D eigenvalue weighted by Gasteiger charge is -2.47. The molecule has 2 fully saturated rings. The molecule has 1 saturated carbocycles. The fourth-order valence-corrected chi connectivity index (χ4v) is 4.31. The third-order valence-electron chi connectivity index (χ3n) is 5.86. The van der Waals surface area contributed by atoms with Crippen LogP contribution in [0, 0.1) is 11.8 Å². The summed E-state index contributed by atoms with van der Waals surface area (Å²) in [6.07, 6.45) is 11.4. The van der Waals surface area contributed by atoms with Crippen molar-refractivity contribution in [2.24, 2.45) is 11.8 Å². The average molecular weight is 295 g/mol. The Kier molecular flexibility index (Phi) is 7.01. The first-order chi connectivity index (χ1) is 10.1. The van der Waals surface area contributed by atoms with Gasteiger partial charge < -0.3 is 5.32 Å². The summed E-state index contributed by atoms with van der Waals surface area (Å²) in [6.45, 7) is 12.0. The SMILES string of the molecule is CCC(C)C1CN(C2CCCCCC2)C(CC(C)C)CN1. The number of hydrogen-bond donors (Lipinski definition) is 1. The van der Waals surface area contributed by atoms with E-state index in [1.807, 2.05) is 0 Å². The van der Waals surface area contributed by atoms with E-state index >= 15 is 0 Å². The zero-order chi connectivity index (χ0) is 15.2. The Labute approximate surface area is 133 Å². The van der Waals surface area contributed by atoms with Crippen LogP contribution in [-0.4, -0.2) is 36.1 Å². The fraction of sp³-hybridized carbons (Fsp3) is 1.00. The highest BCUT2D eigenvalue weighted by Gasteiger charge is 2.34. The van der Waals surface area contributed by atoms with Gasteiger partial charge in [-0.15, -0.1) is 0 Å². The van der Waals surface area contributed by atoms with Gasteiger partial charge in [-0.1, -0.05) is 59.8 Å². The molecule has 0 amide bonds. The molecule has 1 heterocycles. The summed E-state index contributed by atoms with van der Waals surface area (Å²) in [5, 5.41) is 3.87. The molecule has 2 aliphatic rings. The molecule has 0 aromatic carbocycles. The largest absolute Gasteiger partial charge is 0.311 e.